The van der Waals surface area contributed by atoms with Gasteiger partial charge in [-0.1, -0.05) is 23.7 Å². The first-order chi connectivity index (χ1) is 8.60. The van der Waals surface area contributed by atoms with Gasteiger partial charge in [0, 0.05) is 10.6 Å². The molecule has 0 saturated heterocycles. The van der Waals surface area contributed by atoms with Gasteiger partial charge in [0.25, 0.3) is 0 Å². The highest BCUT2D eigenvalue weighted by molar-refractivity contribution is 6.30. The minimum atomic E-state index is 0.571. The van der Waals surface area contributed by atoms with Crippen LogP contribution in [0.15, 0.2) is 34.7 Å². The molecule has 18 heavy (non-hydrogen) atoms. The van der Waals surface area contributed by atoms with Crippen LogP contribution in [0.4, 0.5) is 0 Å². The van der Waals surface area contributed by atoms with E-state index in [1.165, 1.54) is 0 Å². The number of nitrogens with zero attached hydrogens (tertiary/aromatic N) is 1. The highest BCUT2D eigenvalue weighted by Gasteiger charge is 2.06. The summed E-state index contributed by atoms with van der Waals surface area (Å²) >= 11 is 5.93. The van der Waals surface area contributed by atoms with Crippen LogP contribution in [-0.4, -0.2) is 0 Å². The van der Waals surface area contributed by atoms with E-state index in [0.717, 1.165) is 22.6 Å². The molecule has 0 spiro atoms. The second-order valence-corrected chi connectivity index (χ2v) is 4.49. The van der Waals surface area contributed by atoms with Crippen molar-refractivity contribution in [1.29, 1.82) is 5.26 Å². The fourth-order valence-corrected chi connectivity index (χ4v) is 1.98. The minimum Gasteiger partial charge on any atom is -0.466 e. The van der Waals surface area contributed by atoms with E-state index in [0.29, 0.717) is 10.6 Å². The van der Waals surface area contributed by atoms with Gasteiger partial charge in [-0.2, -0.15) is 5.26 Å². The Morgan fingerprint density at radius 1 is 1.33 bits per heavy atom. The molecule has 2 rings (SSSR count). The van der Waals surface area contributed by atoms with Gasteiger partial charge in [-0.05, 0) is 43.7 Å². The molecule has 0 aliphatic carbocycles. The molecule has 0 atom stereocenters. The van der Waals surface area contributed by atoms with Crippen LogP contribution in [0.2, 0.25) is 5.02 Å². The number of rotatable bonds is 2. The first-order valence-electron chi connectivity index (χ1n) is 5.55. The second kappa shape index (κ2) is 5.12. The molecule has 0 fully saturated rings. The molecule has 2 nitrogen and oxygen atoms in total. The molecule has 3 heteroatoms. The predicted molar refractivity (Wildman–Crippen MR) is 73.1 cm³/mol. The lowest BCUT2D eigenvalue weighted by Gasteiger charge is -1.99. The lowest BCUT2D eigenvalue weighted by Crippen LogP contribution is -1.82. The van der Waals surface area contributed by atoms with Crippen molar-refractivity contribution in [3.05, 3.63) is 58.0 Å². The third-order valence-corrected chi connectivity index (χ3v) is 2.87. The summed E-state index contributed by atoms with van der Waals surface area (Å²) in [4.78, 5) is 0. The molecule has 0 bridgehead atoms. The van der Waals surface area contributed by atoms with E-state index >= 15 is 0 Å². The van der Waals surface area contributed by atoms with Crippen molar-refractivity contribution in [3.63, 3.8) is 0 Å². The van der Waals surface area contributed by atoms with Crippen molar-refractivity contribution in [3.8, 4) is 6.07 Å². The Morgan fingerprint density at radius 3 is 2.67 bits per heavy atom. The number of furan rings is 1. The monoisotopic (exact) mass is 257 g/mol. The van der Waals surface area contributed by atoms with Gasteiger partial charge in [-0.15, -0.1) is 0 Å². The molecule has 2 aromatic rings. The number of allylic oxidation sites excluding steroid dienone is 1. The van der Waals surface area contributed by atoms with Crippen LogP contribution in [0.25, 0.3) is 11.6 Å². The van der Waals surface area contributed by atoms with Crippen molar-refractivity contribution in [2.45, 2.75) is 13.8 Å². The molecule has 1 aromatic heterocycles. The van der Waals surface area contributed by atoms with Crippen LogP contribution in [0.1, 0.15) is 22.6 Å². The molecule has 0 radical (unpaired) electrons. The van der Waals surface area contributed by atoms with Crippen LogP contribution in [-0.2, 0) is 0 Å². The fourth-order valence-electron chi connectivity index (χ4n) is 1.79. The number of aryl methyl sites for hydroxylation is 2. The van der Waals surface area contributed by atoms with Gasteiger partial charge in [0.05, 0.1) is 11.6 Å². The average molecular weight is 258 g/mol. The average Bonchev–Trinajstić information content (AvgIpc) is 2.64. The van der Waals surface area contributed by atoms with Crippen molar-refractivity contribution >= 4 is 23.3 Å². The first-order valence-corrected chi connectivity index (χ1v) is 5.92. The number of hydrogen-bond donors (Lipinski definition) is 0. The molecular weight excluding hydrogens is 246 g/mol. The first kappa shape index (κ1) is 12.5. The van der Waals surface area contributed by atoms with Gasteiger partial charge >= 0.3 is 0 Å². The van der Waals surface area contributed by atoms with Gasteiger partial charge < -0.3 is 4.42 Å². The Balaban J connectivity index is 2.47. The summed E-state index contributed by atoms with van der Waals surface area (Å²) in [6, 6.07) is 11.4. The maximum absolute atomic E-state index is 9.24. The minimum absolute atomic E-state index is 0.571. The number of halogens is 1. The Kier molecular flexibility index (Phi) is 3.55. The molecule has 0 N–H and O–H groups in total. The number of nitriles is 1. The predicted octanol–water partition coefficient (Wildman–Crippen LogP) is 4.61. The molecule has 90 valence electrons. The zero-order valence-electron chi connectivity index (χ0n) is 10.2. The van der Waals surface area contributed by atoms with E-state index in [2.05, 4.69) is 6.07 Å². The van der Waals surface area contributed by atoms with Crippen LogP contribution in [0, 0.1) is 25.2 Å². The summed E-state index contributed by atoms with van der Waals surface area (Å²) in [7, 11) is 0. The molecule has 0 amide bonds. The van der Waals surface area contributed by atoms with Gasteiger partial charge in [0.2, 0.25) is 0 Å². The Bertz CT molecular complexity index is 647. The fraction of sp³-hybridized carbons (Fsp3) is 0.133. The number of hydrogen-bond acceptors (Lipinski definition) is 2. The number of benzene rings is 1. The lowest BCUT2D eigenvalue weighted by atomic mass is 10.0. The smallest absolute Gasteiger partial charge is 0.108 e. The summed E-state index contributed by atoms with van der Waals surface area (Å²) in [6.45, 7) is 3.77. The quantitative estimate of drug-likeness (QED) is 0.737. The second-order valence-electron chi connectivity index (χ2n) is 4.05. The molecule has 0 saturated carbocycles. The summed E-state index contributed by atoms with van der Waals surface area (Å²) in [5, 5.41) is 9.86. The zero-order valence-corrected chi connectivity index (χ0v) is 11.0. The van der Waals surface area contributed by atoms with E-state index in [4.69, 9.17) is 16.0 Å². The Labute approximate surface area is 111 Å². The summed E-state index contributed by atoms with van der Waals surface area (Å²) in [5.41, 5.74) is 2.30. The maximum atomic E-state index is 9.24. The van der Waals surface area contributed by atoms with E-state index in [1.807, 2.05) is 38.1 Å². The van der Waals surface area contributed by atoms with E-state index < -0.39 is 0 Å². The largest absolute Gasteiger partial charge is 0.466 e. The molecule has 0 unspecified atom stereocenters. The normalized spacial score (nSPS) is 11.3. The van der Waals surface area contributed by atoms with Gasteiger partial charge in [0.1, 0.15) is 11.5 Å². The zero-order chi connectivity index (χ0) is 13.1. The Morgan fingerprint density at radius 2 is 2.11 bits per heavy atom. The van der Waals surface area contributed by atoms with Gasteiger partial charge in [-0.25, -0.2) is 0 Å². The Hall–Kier alpha value is -1.98. The van der Waals surface area contributed by atoms with E-state index in [9.17, 15) is 5.26 Å². The van der Waals surface area contributed by atoms with Crippen molar-refractivity contribution in [2.24, 2.45) is 0 Å². The van der Waals surface area contributed by atoms with Crippen LogP contribution in [0.3, 0.4) is 0 Å². The third kappa shape index (κ3) is 2.64. The van der Waals surface area contributed by atoms with E-state index in [-0.39, 0.29) is 0 Å². The molecule has 0 aliphatic heterocycles. The van der Waals surface area contributed by atoms with E-state index in [1.54, 1.807) is 12.1 Å². The third-order valence-electron chi connectivity index (χ3n) is 2.64. The summed E-state index contributed by atoms with van der Waals surface area (Å²) in [5.74, 6) is 1.64. The molecule has 1 heterocycles. The van der Waals surface area contributed by atoms with Gasteiger partial charge in [-0.3, -0.25) is 0 Å². The molecular formula is C15H12ClNO. The summed E-state index contributed by atoms with van der Waals surface area (Å²) < 4.78 is 5.44. The van der Waals surface area contributed by atoms with Crippen LogP contribution >= 0.6 is 11.6 Å². The van der Waals surface area contributed by atoms with Crippen molar-refractivity contribution in [1.82, 2.24) is 0 Å². The summed E-state index contributed by atoms with van der Waals surface area (Å²) in [6.07, 6.45) is 1.82. The lowest BCUT2D eigenvalue weighted by molar-refractivity contribution is 0.504. The highest BCUT2D eigenvalue weighted by atomic mass is 35.5. The molecule has 0 aliphatic rings. The SMILES string of the molecule is Cc1cc(/C=C(/C#N)c2cccc(Cl)c2)c(C)o1. The highest BCUT2D eigenvalue weighted by Crippen LogP contribution is 2.23. The van der Waals surface area contributed by atoms with Crippen LogP contribution in [0.5, 0.6) is 0 Å². The van der Waals surface area contributed by atoms with Crippen LogP contribution < -0.4 is 0 Å². The maximum Gasteiger partial charge on any atom is 0.108 e. The van der Waals surface area contributed by atoms with Gasteiger partial charge in [0.15, 0.2) is 0 Å². The standard InChI is InChI=1S/C15H12ClNO/c1-10-6-13(11(2)18-10)7-14(9-17)12-4-3-5-15(16)8-12/h3-8H,1-2H3/b14-7-. The van der Waals surface area contributed by atoms with Crippen molar-refractivity contribution < 1.29 is 4.42 Å². The topological polar surface area (TPSA) is 36.9 Å². The van der Waals surface area contributed by atoms with Crippen molar-refractivity contribution in [2.75, 3.05) is 0 Å². The molecule has 1 aromatic carbocycles.